The second kappa shape index (κ2) is 7.69. The van der Waals surface area contributed by atoms with Crippen molar-refractivity contribution < 1.29 is 51.0 Å². The van der Waals surface area contributed by atoms with E-state index in [1.807, 2.05) is 0 Å². The summed E-state index contributed by atoms with van der Waals surface area (Å²) in [5.41, 5.74) is 5.70. The van der Waals surface area contributed by atoms with Gasteiger partial charge in [0, 0.05) is 0 Å². The maximum Gasteiger partial charge on any atom is 3.00 e. The summed E-state index contributed by atoms with van der Waals surface area (Å²) < 4.78 is 0. The van der Waals surface area contributed by atoms with Crippen LogP contribution in [-0.4, -0.2) is 0 Å². The molecule has 1 unspecified atom stereocenters. The average Bonchev–Trinajstić information content (AvgIpc) is 2.70. The molecule has 2 aliphatic carbocycles. The van der Waals surface area contributed by atoms with Gasteiger partial charge < -0.3 is 24.8 Å². The zero-order chi connectivity index (χ0) is 9.42. The van der Waals surface area contributed by atoms with Crippen molar-refractivity contribution in [1.29, 1.82) is 0 Å². The van der Waals surface area contributed by atoms with Crippen molar-refractivity contribution in [3.05, 3.63) is 46.6 Å². The van der Waals surface area contributed by atoms with Crippen molar-refractivity contribution in [1.82, 2.24) is 0 Å². The van der Waals surface area contributed by atoms with Gasteiger partial charge in [-0.25, -0.2) is 0 Å². The molecule has 0 bridgehead atoms. The fourth-order valence-electron chi connectivity index (χ4n) is 1.92. The van der Waals surface area contributed by atoms with Crippen LogP contribution in [0.3, 0.4) is 0 Å². The summed E-state index contributed by atoms with van der Waals surface area (Å²) in [7, 11) is 0. The molecule has 0 amide bonds. The quantitative estimate of drug-likeness (QED) is 0.469. The molecule has 0 aromatic carbocycles. The molecule has 2 aliphatic rings. The van der Waals surface area contributed by atoms with Gasteiger partial charge in [0.1, 0.15) is 0 Å². The van der Waals surface area contributed by atoms with E-state index in [0.717, 1.165) is 6.42 Å². The van der Waals surface area contributed by atoms with Crippen molar-refractivity contribution in [2.24, 2.45) is 5.92 Å². The molecule has 1 atom stereocenters. The SMILES string of the molecule is CC1=C(C)C(C)[C-]=C1C1=CC=CC1.[Cl-].[Cl-].[Zr+3]. The molecule has 85 valence electrons. The van der Waals surface area contributed by atoms with Crippen LogP contribution in [0.25, 0.3) is 0 Å². The predicted molar refractivity (Wildman–Crippen MR) is 56.1 cm³/mol. The van der Waals surface area contributed by atoms with Gasteiger partial charge in [0.15, 0.2) is 0 Å². The smallest absolute Gasteiger partial charge is 1.00 e. The second-order valence-electron chi connectivity index (χ2n) is 3.87. The molecule has 0 aromatic heterocycles. The maximum absolute atomic E-state index is 3.53. The first-order valence-electron chi connectivity index (χ1n) is 4.87. The van der Waals surface area contributed by atoms with Gasteiger partial charge in [-0.15, -0.1) is 17.2 Å². The molecule has 0 N–H and O–H groups in total. The van der Waals surface area contributed by atoms with E-state index in [4.69, 9.17) is 0 Å². The Kier molecular flexibility index (Phi) is 9.03. The third-order valence-corrected chi connectivity index (χ3v) is 3.07. The first-order valence-corrected chi connectivity index (χ1v) is 4.87. The Bertz CT molecular complexity index is 362. The van der Waals surface area contributed by atoms with Crippen LogP contribution >= 0.6 is 0 Å². The van der Waals surface area contributed by atoms with Gasteiger partial charge in [0.05, 0.1) is 0 Å². The fraction of sp³-hybridized carbons (Fsp3) is 0.385. The van der Waals surface area contributed by atoms with Crippen LogP contribution in [0.5, 0.6) is 0 Å². The van der Waals surface area contributed by atoms with Gasteiger partial charge in [-0.3, -0.25) is 0 Å². The molecule has 0 saturated carbocycles. The Morgan fingerprint density at radius 2 is 1.88 bits per heavy atom. The van der Waals surface area contributed by atoms with Crippen LogP contribution in [0, 0.1) is 12.0 Å². The van der Waals surface area contributed by atoms with Crippen LogP contribution in [0.15, 0.2) is 40.5 Å². The molecule has 0 spiro atoms. The monoisotopic (exact) mass is 331 g/mol. The molecule has 0 aromatic rings. The number of hydrogen-bond acceptors (Lipinski definition) is 0. The van der Waals surface area contributed by atoms with Crippen LogP contribution in [0.1, 0.15) is 27.2 Å². The number of rotatable bonds is 1. The van der Waals surface area contributed by atoms with Crippen LogP contribution in [0.2, 0.25) is 0 Å². The zero-order valence-corrected chi connectivity index (χ0v) is 13.7. The van der Waals surface area contributed by atoms with Crippen LogP contribution in [-0.2, 0) is 26.2 Å². The van der Waals surface area contributed by atoms with Gasteiger partial charge >= 0.3 is 26.2 Å². The average molecular weight is 333 g/mol. The summed E-state index contributed by atoms with van der Waals surface area (Å²) in [5, 5.41) is 0. The van der Waals surface area contributed by atoms with E-state index in [1.165, 1.54) is 22.3 Å². The second-order valence-corrected chi connectivity index (χ2v) is 3.87. The van der Waals surface area contributed by atoms with Crippen molar-refractivity contribution in [3.63, 3.8) is 0 Å². The number of hydrogen-bond donors (Lipinski definition) is 0. The number of halogens is 2. The topological polar surface area (TPSA) is 0 Å². The molecule has 0 heterocycles. The van der Waals surface area contributed by atoms with Gasteiger partial charge in [0.2, 0.25) is 0 Å². The Labute approximate surface area is 130 Å². The van der Waals surface area contributed by atoms with Gasteiger partial charge in [-0.05, 0) is 0 Å². The largest absolute Gasteiger partial charge is 3.00 e. The molecule has 0 saturated heterocycles. The van der Waals surface area contributed by atoms with E-state index in [9.17, 15) is 0 Å². The van der Waals surface area contributed by atoms with Crippen molar-refractivity contribution in [2.45, 2.75) is 27.2 Å². The third kappa shape index (κ3) is 3.46. The first kappa shape index (κ1) is 18.8. The molecule has 0 nitrogen and oxygen atoms in total. The molecule has 2 rings (SSSR count). The predicted octanol–water partition coefficient (Wildman–Crippen LogP) is -2.41. The molecule has 3 heteroatoms. The molecular weight excluding hydrogens is 318 g/mol. The van der Waals surface area contributed by atoms with E-state index < -0.39 is 0 Å². The summed E-state index contributed by atoms with van der Waals surface area (Å²) in [6, 6.07) is 0. The Hall–Kier alpha value is 0.423. The first-order chi connectivity index (χ1) is 6.20. The van der Waals surface area contributed by atoms with Gasteiger partial charge in [0.25, 0.3) is 0 Å². The summed E-state index contributed by atoms with van der Waals surface area (Å²) in [6.45, 7) is 6.64. The molecule has 16 heavy (non-hydrogen) atoms. The Balaban J connectivity index is 0. The zero-order valence-electron chi connectivity index (χ0n) is 9.77. The van der Waals surface area contributed by atoms with E-state index in [1.54, 1.807) is 0 Å². The molecular formula is C13H15Cl2Zr. The van der Waals surface area contributed by atoms with E-state index >= 15 is 0 Å². The summed E-state index contributed by atoms with van der Waals surface area (Å²) in [5.74, 6) is 0.511. The maximum atomic E-state index is 3.53. The summed E-state index contributed by atoms with van der Waals surface area (Å²) in [4.78, 5) is 0. The number of allylic oxidation sites excluding steroid dienone is 8. The normalized spacial score (nSPS) is 21.8. The molecule has 1 radical (unpaired) electrons. The summed E-state index contributed by atoms with van der Waals surface area (Å²) in [6.07, 6.45) is 11.2. The molecule has 0 fully saturated rings. The van der Waals surface area contributed by atoms with E-state index in [0.29, 0.717) is 5.92 Å². The van der Waals surface area contributed by atoms with Crippen molar-refractivity contribution >= 4 is 0 Å². The van der Waals surface area contributed by atoms with Crippen molar-refractivity contribution in [2.75, 3.05) is 0 Å². The van der Waals surface area contributed by atoms with Crippen LogP contribution in [0.4, 0.5) is 0 Å². The fourth-order valence-corrected chi connectivity index (χ4v) is 1.92. The summed E-state index contributed by atoms with van der Waals surface area (Å²) >= 11 is 0. The Morgan fingerprint density at radius 1 is 1.25 bits per heavy atom. The minimum absolute atomic E-state index is 0. The molecule has 0 aliphatic heterocycles. The van der Waals surface area contributed by atoms with E-state index in [2.05, 4.69) is 45.1 Å². The van der Waals surface area contributed by atoms with Crippen molar-refractivity contribution in [3.8, 4) is 0 Å². The minimum atomic E-state index is 0. The van der Waals surface area contributed by atoms with Crippen LogP contribution < -0.4 is 24.8 Å². The van der Waals surface area contributed by atoms with Gasteiger partial charge in [-0.1, -0.05) is 45.3 Å². The standard InChI is InChI=1S/C13H15.2ClH.Zr/c1-9-8-13(11(3)10(9)2)12-6-4-5-7-12;;;/h4-6,9H,7H2,1-3H3;2*1H;/q-1;;;+3/p-2. The van der Waals surface area contributed by atoms with Gasteiger partial charge in [-0.2, -0.15) is 17.2 Å². The third-order valence-electron chi connectivity index (χ3n) is 3.07. The minimum Gasteiger partial charge on any atom is -1.00 e. The van der Waals surface area contributed by atoms with E-state index in [-0.39, 0.29) is 51.0 Å². The Morgan fingerprint density at radius 3 is 2.25 bits per heavy atom.